The lowest BCUT2D eigenvalue weighted by atomic mass is 9.99. The normalized spacial score (nSPS) is 10.7. The van der Waals surface area contributed by atoms with Crippen LogP contribution in [0.15, 0.2) is 172 Å². The first-order valence-electron chi connectivity index (χ1n) is 39.3. The molecule has 114 heavy (non-hydrogen) atoms. The van der Waals surface area contributed by atoms with Crippen LogP contribution in [0.2, 0.25) is 0 Å². The van der Waals surface area contributed by atoms with Gasteiger partial charge in [0.2, 0.25) is 0 Å². The van der Waals surface area contributed by atoms with Crippen LogP contribution in [0.25, 0.3) is 0 Å². The van der Waals surface area contributed by atoms with Crippen LogP contribution < -0.4 is 49.4 Å². The van der Waals surface area contributed by atoms with Gasteiger partial charge in [0.05, 0.1) is 86.2 Å². The summed E-state index contributed by atoms with van der Waals surface area (Å²) in [6.07, 6.45) is 25.9. The number of hydrogen-bond donors (Lipinski definition) is 2. The predicted molar refractivity (Wildman–Crippen MR) is 430 cm³/mol. The maximum absolute atomic E-state index is 14.0. The zero-order valence-corrected chi connectivity index (χ0v) is 65.3. The Morgan fingerprint density at radius 3 is 0.693 bits per heavy atom. The molecule has 0 spiro atoms. The smallest absolute Gasteiger partial charge is 0.343 e. The number of aryl methyl sites for hydroxylation is 2. The molecule has 0 radical (unpaired) electrons. The number of primary amides is 2. The minimum atomic E-state index is -0.939. The fourth-order valence-electron chi connectivity index (χ4n) is 11.8. The minimum absolute atomic E-state index is 0.0127. The molecule has 0 aliphatic heterocycles. The van der Waals surface area contributed by atoms with Crippen molar-refractivity contribution in [3.8, 4) is 46.0 Å². The lowest BCUT2D eigenvalue weighted by molar-refractivity contribution is -0.138. The molecule has 24 nitrogen and oxygen atoms in total. The van der Waals surface area contributed by atoms with Crippen molar-refractivity contribution in [3.05, 3.63) is 216 Å². The molecule has 0 atom stereocenters. The van der Waals surface area contributed by atoms with E-state index in [0.717, 1.165) is 153 Å². The molecule has 0 unspecified atom stereocenters. The number of unbranched alkanes of at least 4 members (excludes halogenated alkanes) is 21. The summed E-state index contributed by atoms with van der Waals surface area (Å²) < 4.78 is 67.7. The van der Waals surface area contributed by atoms with Crippen LogP contribution in [-0.4, -0.2) is 112 Å². The maximum atomic E-state index is 14.0. The number of carbonyl (C=O) groups is 10. The van der Waals surface area contributed by atoms with E-state index in [4.69, 9.17) is 68.3 Å². The Bertz CT molecular complexity index is 3830. The molecule has 610 valence electrons. The number of esters is 8. The van der Waals surface area contributed by atoms with Crippen LogP contribution in [0.1, 0.15) is 240 Å². The van der Waals surface area contributed by atoms with Gasteiger partial charge in [-0.05, 0) is 210 Å². The van der Waals surface area contributed by atoms with Crippen molar-refractivity contribution in [2.75, 3.05) is 52.9 Å². The van der Waals surface area contributed by atoms with Gasteiger partial charge >= 0.3 is 47.8 Å². The molecular weight excluding hydrogens is 1460 g/mol. The molecule has 4 N–H and O–H groups in total. The maximum Gasteiger partial charge on any atom is 0.343 e. The van der Waals surface area contributed by atoms with Crippen molar-refractivity contribution in [1.82, 2.24) is 0 Å². The first kappa shape index (κ1) is 91.1. The summed E-state index contributed by atoms with van der Waals surface area (Å²) in [5, 5.41) is 0. The standard InChI is InChI=1S/C90H108N2O22/c1-5-79(93)107-57-31-21-11-17-27-53-103-71-45-37-65(38-46-71)87(99)111-75-61-69(83(77(63-75)85(91)97)113-89(101)67-41-49-73(50-42-67)105-55-29-19-13-23-33-59-109-81(95)7-3)35-25-15-9-10-16-26-36-70-62-76(112-88(100)66-39-47-72(48-40-66)104-54-28-18-12-22-32-58-108-80(94)6-2)64-78(86(92)98)84(70)114-90(102)68-43-51-74(52-44-68)106-56-30-20-14-24-34-60-110-82(96)8-4/h5-8,37-52,61-64H,1-4,9-36,53-60H2,(H2,91,97)(H2,92,98). The van der Waals surface area contributed by atoms with E-state index in [1.807, 2.05) is 0 Å². The molecule has 6 aromatic rings. The highest BCUT2D eigenvalue weighted by molar-refractivity contribution is 6.01. The van der Waals surface area contributed by atoms with Crippen molar-refractivity contribution < 1.29 is 105 Å². The number of ether oxygens (including phenoxy) is 12. The SMILES string of the molecule is C=CC(=O)OCCCCCCCOc1ccc(C(=O)Oc2cc(CCCCCCCCc3cc(OC(=O)c4ccc(OCCCCCCCOC(=O)C=C)cc4)cc(C(N)=O)c3OC(=O)c3ccc(OCCCCCCCOC(=O)C=C)cc3)c(OC(=O)c3ccc(OCCCCCCCOC(=O)C=C)cc3)c(C(N)=O)c2)cc1. The van der Waals surface area contributed by atoms with Gasteiger partial charge in [-0.1, -0.05) is 129 Å². The van der Waals surface area contributed by atoms with E-state index >= 15 is 0 Å². The number of rotatable bonds is 59. The molecule has 0 aromatic heterocycles. The highest BCUT2D eigenvalue weighted by Gasteiger charge is 2.25. The highest BCUT2D eigenvalue weighted by Crippen LogP contribution is 2.35. The molecule has 6 aromatic carbocycles. The fourth-order valence-corrected chi connectivity index (χ4v) is 11.8. The van der Waals surface area contributed by atoms with E-state index in [1.54, 1.807) is 109 Å². The second kappa shape index (κ2) is 53.2. The number of carbonyl (C=O) groups excluding carboxylic acids is 10. The number of amides is 2. The van der Waals surface area contributed by atoms with E-state index in [1.165, 1.54) is 12.1 Å². The summed E-state index contributed by atoms with van der Waals surface area (Å²) >= 11 is 0. The average molecular weight is 1570 g/mol. The van der Waals surface area contributed by atoms with Gasteiger partial charge in [0.15, 0.2) is 0 Å². The summed E-state index contributed by atoms with van der Waals surface area (Å²) in [6, 6.07) is 31.3. The van der Waals surface area contributed by atoms with E-state index in [9.17, 15) is 47.9 Å². The molecule has 0 aliphatic carbocycles. The fraction of sp³-hybridized carbons (Fsp3) is 0.400. The summed E-state index contributed by atoms with van der Waals surface area (Å²) in [7, 11) is 0. The Morgan fingerprint density at radius 1 is 0.254 bits per heavy atom. The largest absolute Gasteiger partial charge is 0.494 e. The van der Waals surface area contributed by atoms with Crippen LogP contribution in [-0.2, 0) is 51.0 Å². The third-order valence-electron chi connectivity index (χ3n) is 18.0. The second-order valence-electron chi connectivity index (χ2n) is 26.9. The number of nitrogens with two attached hydrogens (primary N) is 2. The van der Waals surface area contributed by atoms with Crippen LogP contribution >= 0.6 is 0 Å². The van der Waals surface area contributed by atoms with Gasteiger partial charge in [0, 0.05) is 24.3 Å². The summed E-state index contributed by atoms with van der Waals surface area (Å²) in [5.41, 5.74) is 13.1. The summed E-state index contributed by atoms with van der Waals surface area (Å²) in [4.78, 5) is 127. The lowest BCUT2D eigenvalue weighted by Gasteiger charge is -2.16. The third-order valence-corrected chi connectivity index (χ3v) is 18.0. The van der Waals surface area contributed by atoms with Crippen molar-refractivity contribution in [2.24, 2.45) is 11.5 Å². The van der Waals surface area contributed by atoms with Crippen LogP contribution in [0.4, 0.5) is 0 Å². The van der Waals surface area contributed by atoms with Gasteiger partial charge in [-0.2, -0.15) is 0 Å². The quantitative estimate of drug-likeness (QED) is 0.0118. The molecule has 0 aliphatic rings. The Balaban J connectivity index is 1.11. The first-order chi connectivity index (χ1) is 55.4. The molecule has 24 heteroatoms. The Hall–Kier alpha value is -11.8. The zero-order valence-electron chi connectivity index (χ0n) is 65.3. The average Bonchev–Trinajstić information content (AvgIpc) is 0.804. The van der Waals surface area contributed by atoms with Crippen molar-refractivity contribution in [3.63, 3.8) is 0 Å². The second-order valence-corrected chi connectivity index (χ2v) is 26.9. The van der Waals surface area contributed by atoms with E-state index in [2.05, 4.69) is 26.3 Å². The molecule has 0 heterocycles. The summed E-state index contributed by atoms with van der Waals surface area (Å²) in [6.45, 7) is 16.7. The molecule has 2 amide bonds. The Labute approximate surface area is 667 Å². The minimum Gasteiger partial charge on any atom is -0.494 e. The highest BCUT2D eigenvalue weighted by atomic mass is 16.6. The van der Waals surface area contributed by atoms with Crippen LogP contribution in [0.3, 0.4) is 0 Å². The van der Waals surface area contributed by atoms with Gasteiger partial charge in [0.25, 0.3) is 11.8 Å². The first-order valence-corrected chi connectivity index (χ1v) is 39.3. The predicted octanol–water partition coefficient (Wildman–Crippen LogP) is 17.1. The van der Waals surface area contributed by atoms with Crippen LogP contribution in [0, 0.1) is 0 Å². The monoisotopic (exact) mass is 1570 g/mol. The Kier molecular flexibility index (Phi) is 42.5. The molecule has 6 rings (SSSR count). The van der Waals surface area contributed by atoms with Crippen molar-refractivity contribution >= 4 is 59.6 Å². The molecule has 0 saturated carbocycles. The van der Waals surface area contributed by atoms with Crippen molar-refractivity contribution in [1.29, 1.82) is 0 Å². The van der Waals surface area contributed by atoms with E-state index in [0.29, 0.717) is 126 Å². The molecule has 0 bridgehead atoms. The van der Waals surface area contributed by atoms with Crippen LogP contribution in [0.5, 0.6) is 46.0 Å². The lowest BCUT2D eigenvalue weighted by Crippen LogP contribution is -2.18. The molecular formula is C90H108N2O22. The zero-order chi connectivity index (χ0) is 81.9. The summed E-state index contributed by atoms with van der Waals surface area (Å²) in [5.74, 6) is -4.71. The number of benzene rings is 6. The van der Waals surface area contributed by atoms with E-state index in [-0.39, 0.29) is 69.2 Å². The Morgan fingerprint density at radius 2 is 0.465 bits per heavy atom. The van der Waals surface area contributed by atoms with Gasteiger partial charge in [0.1, 0.15) is 46.0 Å². The van der Waals surface area contributed by atoms with Gasteiger partial charge < -0.3 is 68.3 Å². The third kappa shape index (κ3) is 35.3. The van der Waals surface area contributed by atoms with Gasteiger partial charge in [-0.25, -0.2) is 38.4 Å². The van der Waals surface area contributed by atoms with E-state index < -0.39 is 59.6 Å². The van der Waals surface area contributed by atoms with Crippen molar-refractivity contribution in [2.45, 2.75) is 180 Å². The molecule has 0 saturated heterocycles. The van der Waals surface area contributed by atoms with Gasteiger partial charge in [-0.15, -0.1) is 0 Å². The number of hydrogen-bond acceptors (Lipinski definition) is 22. The molecule has 0 fully saturated rings. The topological polar surface area (TPSA) is 333 Å². The van der Waals surface area contributed by atoms with Gasteiger partial charge in [-0.3, -0.25) is 9.59 Å².